The first-order chi connectivity index (χ1) is 15.2. The molecule has 1 N–H and O–H groups in total. The summed E-state index contributed by atoms with van der Waals surface area (Å²) in [7, 11) is 2.24. The molecule has 3 aromatic rings. The lowest BCUT2D eigenvalue weighted by atomic mass is 9.69. The summed E-state index contributed by atoms with van der Waals surface area (Å²) < 4.78 is 13.7. The van der Waals surface area contributed by atoms with Gasteiger partial charge in [-0.25, -0.2) is 9.37 Å². The number of halogens is 1. The molecular weight excluding hydrogens is 397 g/mol. The van der Waals surface area contributed by atoms with Gasteiger partial charge < -0.3 is 9.88 Å². The third-order valence-corrected chi connectivity index (χ3v) is 7.51. The molecule has 0 bridgehead atoms. The monoisotopic (exact) mass is 435 g/mol. The second kappa shape index (κ2) is 9.35. The maximum absolute atomic E-state index is 13.7. The minimum Gasteiger partial charge on any atom is -0.342 e. The van der Waals surface area contributed by atoms with Crippen molar-refractivity contribution in [1.29, 1.82) is 0 Å². The number of aromatic amines is 1. The first kappa shape index (κ1) is 23.0. The van der Waals surface area contributed by atoms with E-state index in [-0.39, 0.29) is 11.2 Å². The first-order valence-electron chi connectivity index (χ1n) is 12.2. The smallest absolute Gasteiger partial charge is 0.123 e. The van der Waals surface area contributed by atoms with Crippen LogP contribution < -0.4 is 0 Å². The molecule has 0 radical (unpaired) electrons. The number of fused-ring (bicyclic) bond motifs is 2. The second-order valence-electron chi connectivity index (χ2n) is 10.7. The number of nitrogens with one attached hydrogen (secondary N) is 1. The van der Waals surface area contributed by atoms with Crippen LogP contribution in [0.2, 0.25) is 0 Å². The number of rotatable bonds is 8. The molecule has 2 atom stereocenters. The van der Waals surface area contributed by atoms with Crippen LogP contribution in [-0.4, -0.2) is 35.0 Å². The van der Waals surface area contributed by atoms with Crippen LogP contribution in [0.25, 0.3) is 11.0 Å². The lowest BCUT2D eigenvalue weighted by Crippen LogP contribution is -2.32. The van der Waals surface area contributed by atoms with Crippen molar-refractivity contribution >= 4 is 11.0 Å². The summed E-state index contributed by atoms with van der Waals surface area (Å²) in [5, 5.41) is 0. The zero-order chi connectivity index (χ0) is 22.9. The standard InChI is InChI=1S/C28H38FN3/c1-19(2)26-20(10-11-21-18-22(29)12-13-23(21)26)14-16-32(5)17-15-28(3,4)27-30-24-8-6-7-9-25(24)31-27/h6-9,12-13,18-20,26H,10-11,14-17H2,1-5H3,(H,30,31)/t20?,26-/m1/s1. The van der Waals surface area contributed by atoms with Crippen LogP contribution >= 0.6 is 0 Å². The maximum Gasteiger partial charge on any atom is 0.123 e. The number of H-pyrrole nitrogens is 1. The van der Waals surface area contributed by atoms with Gasteiger partial charge in [0.15, 0.2) is 0 Å². The van der Waals surface area contributed by atoms with Crippen LogP contribution in [0.1, 0.15) is 69.8 Å². The molecule has 4 heteroatoms. The van der Waals surface area contributed by atoms with Crippen LogP contribution in [0, 0.1) is 17.7 Å². The Kier molecular flexibility index (Phi) is 6.71. The zero-order valence-corrected chi connectivity index (χ0v) is 20.3. The molecule has 1 aliphatic rings. The molecule has 3 nitrogen and oxygen atoms in total. The number of imidazole rings is 1. The molecule has 1 aliphatic carbocycles. The molecule has 2 aromatic carbocycles. The van der Waals surface area contributed by atoms with Crippen molar-refractivity contribution in [3.05, 3.63) is 65.2 Å². The number of benzene rings is 2. The van der Waals surface area contributed by atoms with Crippen LogP contribution in [0.3, 0.4) is 0 Å². The molecule has 1 heterocycles. The molecule has 4 rings (SSSR count). The zero-order valence-electron chi connectivity index (χ0n) is 20.3. The van der Waals surface area contributed by atoms with Gasteiger partial charge in [-0.1, -0.05) is 45.9 Å². The fraction of sp³-hybridized carbons (Fsp3) is 0.536. The minimum absolute atomic E-state index is 0.00159. The summed E-state index contributed by atoms with van der Waals surface area (Å²) >= 11 is 0. The van der Waals surface area contributed by atoms with E-state index in [9.17, 15) is 4.39 Å². The third kappa shape index (κ3) is 4.91. The van der Waals surface area contributed by atoms with E-state index < -0.39 is 0 Å². The Bertz CT molecular complexity index is 1020. The third-order valence-electron chi connectivity index (χ3n) is 7.51. The van der Waals surface area contributed by atoms with Crippen LogP contribution in [0.5, 0.6) is 0 Å². The van der Waals surface area contributed by atoms with Gasteiger partial charge in [-0.2, -0.15) is 0 Å². The molecule has 0 saturated heterocycles. The van der Waals surface area contributed by atoms with E-state index in [1.54, 1.807) is 12.1 Å². The summed E-state index contributed by atoms with van der Waals surface area (Å²) in [5.41, 5.74) is 4.76. The van der Waals surface area contributed by atoms with Gasteiger partial charge in [0.2, 0.25) is 0 Å². The molecule has 32 heavy (non-hydrogen) atoms. The Morgan fingerprint density at radius 3 is 2.69 bits per heavy atom. The van der Waals surface area contributed by atoms with Gasteiger partial charge in [-0.05, 0) is 99.0 Å². The van der Waals surface area contributed by atoms with Crippen molar-refractivity contribution in [1.82, 2.24) is 14.9 Å². The summed E-state index contributed by atoms with van der Waals surface area (Å²) in [4.78, 5) is 10.8. The first-order valence-corrected chi connectivity index (χ1v) is 12.2. The summed E-state index contributed by atoms with van der Waals surface area (Å²) in [6.07, 6.45) is 4.42. The second-order valence-corrected chi connectivity index (χ2v) is 10.7. The lowest BCUT2D eigenvalue weighted by Gasteiger charge is -2.37. The highest BCUT2D eigenvalue weighted by atomic mass is 19.1. The van der Waals surface area contributed by atoms with E-state index >= 15 is 0 Å². The Balaban J connectivity index is 1.35. The largest absolute Gasteiger partial charge is 0.342 e. The minimum atomic E-state index is -0.100. The molecule has 0 amide bonds. The van der Waals surface area contributed by atoms with E-state index in [0.717, 1.165) is 49.2 Å². The SMILES string of the molecule is CC(C)[C@H]1c2ccc(F)cc2CCC1CCN(C)CCC(C)(C)c1nc2ccccc2[nH]1. The van der Waals surface area contributed by atoms with Crippen LogP contribution in [-0.2, 0) is 11.8 Å². The van der Waals surface area contributed by atoms with E-state index in [2.05, 4.69) is 62.8 Å². The average Bonchev–Trinajstić information content (AvgIpc) is 3.21. The van der Waals surface area contributed by atoms with E-state index in [1.165, 1.54) is 17.5 Å². The number of hydrogen-bond donors (Lipinski definition) is 1. The average molecular weight is 436 g/mol. The lowest BCUT2D eigenvalue weighted by molar-refractivity contribution is 0.228. The van der Waals surface area contributed by atoms with Gasteiger partial charge in [0.25, 0.3) is 0 Å². The van der Waals surface area contributed by atoms with Gasteiger partial charge in [0, 0.05) is 5.41 Å². The molecule has 172 valence electrons. The fourth-order valence-electron chi connectivity index (χ4n) is 5.48. The van der Waals surface area contributed by atoms with Crippen molar-refractivity contribution in [3.63, 3.8) is 0 Å². The molecule has 1 aromatic heterocycles. The number of nitrogens with zero attached hydrogens (tertiary/aromatic N) is 2. The highest BCUT2D eigenvalue weighted by Crippen LogP contribution is 2.42. The van der Waals surface area contributed by atoms with E-state index in [1.807, 2.05) is 12.1 Å². The van der Waals surface area contributed by atoms with Gasteiger partial charge in [0.05, 0.1) is 11.0 Å². The van der Waals surface area contributed by atoms with Crippen molar-refractivity contribution < 1.29 is 4.39 Å². The molecular formula is C28H38FN3. The topological polar surface area (TPSA) is 31.9 Å². The van der Waals surface area contributed by atoms with Crippen LogP contribution in [0.15, 0.2) is 42.5 Å². The number of para-hydroxylation sites is 2. The molecule has 1 unspecified atom stereocenters. The highest BCUT2D eigenvalue weighted by Gasteiger charge is 2.32. The van der Waals surface area contributed by atoms with Crippen LogP contribution in [0.4, 0.5) is 4.39 Å². The fourth-order valence-corrected chi connectivity index (χ4v) is 5.48. The quantitative estimate of drug-likeness (QED) is 0.427. The summed E-state index contributed by atoms with van der Waals surface area (Å²) in [6.45, 7) is 11.3. The van der Waals surface area contributed by atoms with Crippen molar-refractivity contribution in [3.8, 4) is 0 Å². The van der Waals surface area contributed by atoms with Gasteiger partial charge in [-0.15, -0.1) is 0 Å². The Hall–Kier alpha value is -2.20. The summed E-state index contributed by atoms with van der Waals surface area (Å²) in [5.74, 6) is 2.74. The normalized spacial score (nSPS) is 19.1. The van der Waals surface area contributed by atoms with Gasteiger partial charge >= 0.3 is 0 Å². The molecule has 0 aliphatic heterocycles. The number of aromatic nitrogens is 2. The molecule has 0 saturated carbocycles. The number of hydrogen-bond acceptors (Lipinski definition) is 2. The van der Waals surface area contributed by atoms with Crippen molar-refractivity contribution in [2.75, 3.05) is 20.1 Å². The molecule has 0 spiro atoms. The maximum atomic E-state index is 13.7. The highest BCUT2D eigenvalue weighted by molar-refractivity contribution is 5.74. The summed E-state index contributed by atoms with van der Waals surface area (Å²) in [6, 6.07) is 13.7. The van der Waals surface area contributed by atoms with Crippen molar-refractivity contribution in [2.45, 2.75) is 64.7 Å². The van der Waals surface area contributed by atoms with E-state index in [4.69, 9.17) is 4.98 Å². The van der Waals surface area contributed by atoms with Gasteiger partial charge in [-0.3, -0.25) is 0 Å². The Morgan fingerprint density at radius 1 is 1.16 bits per heavy atom. The predicted molar refractivity (Wildman–Crippen MR) is 132 cm³/mol. The van der Waals surface area contributed by atoms with Gasteiger partial charge in [0.1, 0.15) is 11.6 Å². The number of aryl methyl sites for hydroxylation is 1. The predicted octanol–water partition coefficient (Wildman–Crippen LogP) is 6.69. The molecule has 0 fully saturated rings. The Labute approximate surface area is 192 Å². The van der Waals surface area contributed by atoms with E-state index in [0.29, 0.717) is 17.8 Å². The Morgan fingerprint density at radius 2 is 1.94 bits per heavy atom. The van der Waals surface area contributed by atoms with Crippen molar-refractivity contribution in [2.24, 2.45) is 11.8 Å².